The summed E-state index contributed by atoms with van der Waals surface area (Å²) in [5.74, 6) is 0.824. The Morgan fingerprint density at radius 1 is 1.05 bits per heavy atom. The number of hydrogen-bond donors (Lipinski definition) is 1. The Kier molecular flexibility index (Phi) is 10.1. The lowest BCUT2D eigenvalue weighted by molar-refractivity contribution is 0.0617. The van der Waals surface area contributed by atoms with Crippen LogP contribution in [0.4, 0.5) is 0 Å². The molecule has 0 aromatic heterocycles. The maximum atomic E-state index is 9.90. The summed E-state index contributed by atoms with van der Waals surface area (Å²) in [6.45, 7) is 3.33. The summed E-state index contributed by atoms with van der Waals surface area (Å²) in [6, 6.07) is 9.65. The van der Waals surface area contributed by atoms with Crippen molar-refractivity contribution >= 4 is 24.8 Å². The Morgan fingerprint density at radius 3 is 2.32 bits per heavy atom. The number of aliphatic hydroxyl groups is 1. The molecule has 0 aliphatic carbocycles. The van der Waals surface area contributed by atoms with Gasteiger partial charge in [-0.15, -0.1) is 24.8 Å². The fourth-order valence-corrected chi connectivity index (χ4v) is 2.20. The highest BCUT2D eigenvalue weighted by atomic mass is 35.5. The molecule has 3 nitrogen and oxygen atoms in total. The van der Waals surface area contributed by atoms with E-state index in [1.807, 2.05) is 30.3 Å². The van der Waals surface area contributed by atoms with E-state index in [0.717, 1.165) is 25.4 Å². The number of β-amino-alcohol motifs (C(OH)–C–C–N with tert-alkyl or cyclic N) is 1. The van der Waals surface area contributed by atoms with Crippen molar-refractivity contribution in [2.24, 2.45) is 0 Å². The van der Waals surface area contributed by atoms with Gasteiger partial charge in [-0.05, 0) is 38.1 Å². The van der Waals surface area contributed by atoms with Gasteiger partial charge in [-0.1, -0.05) is 24.6 Å². The van der Waals surface area contributed by atoms with Gasteiger partial charge in [0.25, 0.3) is 0 Å². The Balaban J connectivity index is 0.00000162. The molecule has 1 fully saturated rings. The predicted molar refractivity (Wildman–Crippen MR) is 82.7 cm³/mol. The summed E-state index contributed by atoms with van der Waals surface area (Å²) < 4.78 is 5.53. The van der Waals surface area contributed by atoms with Crippen LogP contribution in [0.3, 0.4) is 0 Å². The molecule has 0 radical (unpaired) electrons. The predicted octanol–water partition coefficient (Wildman–Crippen LogP) is 2.76. The number of nitrogens with zero attached hydrogens (tertiary/aromatic N) is 1. The van der Waals surface area contributed by atoms with E-state index in [9.17, 15) is 5.11 Å². The fourth-order valence-electron chi connectivity index (χ4n) is 2.20. The van der Waals surface area contributed by atoms with E-state index in [2.05, 4.69) is 4.90 Å². The highest BCUT2D eigenvalue weighted by Crippen LogP contribution is 2.11. The van der Waals surface area contributed by atoms with Crippen LogP contribution < -0.4 is 4.74 Å². The number of ether oxygens (including phenoxy) is 1. The molecule has 2 rings (SSSR count). The topological polar surface area (TPSA) is 32.7 Å². The second-order valence-electron chi connectivity index (χ2n) is 4.64. The molecule has 1 aromatic carbocycles. The smallest absolute Gasteiger partial charge is 0.119 e. The molecule has 5 heteroatoms. The minimum atomic E-state index is -0.395. The third kappa shape index (κ3) is 7.02. The van der Waals surface area contributed by atoms with Gasteiger partial charge >= 0.3 is 0 Å². The van der Waals surface area contributed by atoms with Gasteiger partial charge in [0.1, 0.15) is 18.5 Å². The summed E-state index contributed by atoms with van der Waals surface area (Å²) >= 11 is 0. The van der Waals surface area contributed by atoms with Gasteiger partial charge in [-0.25, -0.2) is 0 Å². The van der Waals surface area contributed by atoms with Gasteiger partial charge < -0.3 is 14.7 Å². The van der Waals surface area contributed by atoms with Crippen molar-refractivity contribution in [3.05, 3.63) is 30.3 Å². The molecule has 1 atom stereocenters. The molecular formula is C14H23Cl2NO2. The highest BCUT2D eigenvalue weighted by Gasteiger charge is 2.14. The van der Waals surface area contributed by atoms with E-state index in [1.165, 1.54) is 19.3 Å². The van der Waals surface area contributed by atoms with E-state index in [-0.39, 0.29) is 24.8 Å². The molecule has 0 spiro atoms. The molecule has 110 valence electrons. The van der Waals surface area contributed by atoms with Gasteiger partial charge in [0, 0.05) is 6.54 Å². The first-order valence-electron chi connectivity index (χ1n) is 6.43. The maximum Gasteiger partial charge on any atom is 0.119 e. The average Bonchev–Trinajstić information content (AvgIpc) is 2.39. The Hall–Kier alpha value is -0.480. The number of halogens is 2. The highest BCUT2D eigenvalue weighted by molar-refractivity contribution is 5.85. The first kappa shape index (κ1) is 18.5. The molecule has 0 bridgehead atoms. The van der Waals surface area contributed by atoms with Gasteiger partial charge in [0.2, 0.25) is 0 Å². The van der Waals surface area contributed by atoms with Crippen molar-refractivity contribution < 1.29 is 9.84 Å². The third-order valence-corrected chi connectivity index (χ3v) is 3.10. The van der Waals surface area contributed by atoms with Crippen molar-refractivity contribution in [1.82, 2.24) is 4.90 Å². The number of benzene rings is 1. The number of para-hydroxylation sites is 1. The molecule has 1 saturated heterocycles. The van der Waals surface area contributed by atoms with Crippen molar-refractivity contribution in [3.8, 4) is 5.75 Å². The number of piperidine rings is 1. The molecule has 1 unspecified atom stereocenters. The normalized spacial score (nSPS) is 16.9. The van der Waals surface area contributed by atoms with Crippen LogP contribution in [0.1, 0.15) is 19.3 Å². The van der Waals surface area contributed by atoms with Crippen molar-refractivity contribution in [3.63, 3.8) is 0 Å². The van der Waals surface area contributed by atoms with Crippen LogP contribution in [0.15, 0.2) is 30.3 Å². The van der Waals surface area contributed by atoms with E-state index >= 15 is 0 Å². The Morgan fingerprint density at radius 2 is 1.68 bits per heavy atom. The second-order valence-corrected chi connectivity index (χ2v) is 4.64. The first-order valence-corrected chi connectivity index (χ1v) is 6.43. The van der Waals surface area contributed by atoms with Crippen LogP contribution in [0.25, 0.3) is 0 Å². The van der Waals surface area contributed by atoms with Crippen LogP contribution in [0.2, 0.25) is 0 Å². The largest absolute Gasteiger partial charge is 0.491 e. The quantitative estimate of drug-likeness (QED) is 0.908. The van der Waals surface area contributed by atoms with Gasteiger partial charge in [0.05, 0.1) is 0 Å². The van der Waals surface area contributed by atoms with Crippen LogP contribution in [0, 0.1) is 0 Å². The lowest BCUT2D eigenvalue weighted by Gasteiger charge is -2.28. The molecule has 1 heterocycles. The molecule has 1 N–H and O–H groups in total. The summed E-state index contributed by atoms with van der Waals surface area (Å²) in [7, 11) is 0. The van der Waals surface area contributed by atoms with E-state index in [1.54, 1.807) is 0 Å². The zero-order chi connectivity index (χ0) is 11.9. The Bertz CT molecular complexity index is 318. The van der Waals surface area contributed by atoms with Gasteiger partial charge in [0.15, 0.2) is 0 Å². The molecule has 1 aromatic rings. The van der Waals surface area contributed by atoms with Crippen LogP contribution in [0.5, 0.6) is 5.75 Å². The third-order valence-electron chi connectivity index (χ3n) is 3.10. The van der Waals surface area contributed by atoms with E-state index in [4.69, 9.17) is 4.74 Å². The first-order chi connectivity index (χ1) is 8.34. The molecule has 19 heavy (non-hydrogen) atoms. The second kappa shape index (κ2) is 10.3. The van der Waals surface area contributed by atoms with Crippen LogP contribution in [-0.2, 0) is 0 Å². The molecule has 1 aliphatic rings. The number of aliphatic hydroxyl groups excluding tert-OH is 1. The standard InChI is InChI=1S/C14H21NO2.2ClH/c16-13(11-15-9-5-2-6-10-15)12-17-14-7-3-1-4-8-14;;/h1,3-4,7-8,13,16H,2,5-6,9-12H2;2*1H. The monoisotopic (exact) mass is 307 g/mol. The number of likely N-dealkylation sites (tertiary alicyclic amines) is 1. The average molecular weight is 308 g/mol. The van der Waals surface area contributed by atoms with Crippen molar-refractivity contribution in [2.45, 2.75) is 25.4 Å². The zero-order valence-corrected chi connectivity index (χ0v) is 12.7. The van der Waals surface area contributed by atoms with Crippen molar-refractivity contribution in [1.29, 1.82) is 0 Å². The summed E-state index contributed by atoms with van der Waals surface area (Å²) in [5, 5.41) is 9.90. The molecular weight excluding hydrogens is 285 g/mol. The lowest BCUT2D eigenvalue weighted by Crippen LogP contribution is -2.38. The summed E-state index contributed by atoms with van der Waals surface area (Å²) in [4.78, 5) is 2.32. The Labute approximate surface area is 127 Å². The minimum absolute atomic E-state index is 0. The summed E-state index contributed by atoms with van der Waals surface area (Å²) in [5.41, 5.74) is 0. The maximum absolute atomic E-state index is 9.90. The van der Waals surface area contributed by atoms with Gasteiger partial charge in [-0.2, -0.15) is 0 Å². The van der Waals surface area contributed by atoms with E-state index in [0.29, 0.717) is 6.61 Å². The fraction of sp³-hybridized carbons (Fsp3) is 0.571. The zero-order valence-electron chi connectivity index (χ0n) is 11.0. The van der Waals surface area contributed by atoms with Crippen LogP contribution in [-0.4, -0.2) is 42.4 Å². The van der Waals surface area contributed by atoms with Crippen molar-refractivity contribution in [2.75, 3.05) is 26.2 Å². The lowest BCUT2D eigenvalue weighted by atomic mass is 10.1. The van der Waals surface area contributed by atoms with Crippen LogP contribution >= 0.6 is 24.8 Å². The SMILES string of the molecule is Cl.Cl.OC(COc1ccccc1)CN1CCCCC1. The molecule has 1 aliphatic heterocycles. The molecule has 0 saturated carbocycles. The summed E-state index contributed by atoms with van der Waals surface area (Å²) in [6.07, 6.45) is 3.44. The van der Waals surface area contributed by atoms with E-state index < -0.39 is 6.10 Å². The number of rotatable bonds is 5. The molecule has 0 amide bonds. The minimum Gasteiger partial charge on any atom is -0.491 e. The van der Waals surface area contributed by atoms with Gasteiger partial charge in [-0.3, -0.25) is 0 Å². The number of hydrogen-bond acceptors (Lipinski definition) is 3.